The van der Waals surface area contributed by atoms with E-state index in [0.717, 1.165) is 10.0 Å². The van der Waals surface area contributed by atoms with Crippen molar-refractivity contribution in [2.24, 2.45) is 5.73 Å². The Kier molecular flexibility index (Phi) is 3.37. The molecular formula is C11H13BrN2O2. The minimum absolute atomic E-state index is 0.0184. The van der Waals surface area contributed by atoms with Crippen molar-refractivity contribution in [3.05, 3.63) is 28.5 Å². The van der Waals surface area contributed by atoms with Gasteiger partial charge in [0.2, 0.25) is 0 Å². The van der Waals surface area contributed by atoms with Crippen LogP contribution in [0.1, 0.15) is 12.0 Å². The summed E-state index contributed by atoms with van der Waals surface area (Å²) in [5.74, 6) is 0.0184. The summed E-state index contributed by atoms with van der Waals surface area (Å²) in [6.07, 6.45) is 4.28. The van der Waals surface area contributed by atoms with Gasteiger partial charge in [-0.1, -0.05) is 0 Å². The van der Waals surface area contributed by atoms with Gasteiger partial charge in [-0.3, -0.25) is 9.78 Å². The quantitative estimate of drug-likeness (QED) is 0.902. The van der Waals surface area contributed by atoms with Gasteiger partial charge in [0.15, 0.2) is 5.78 Å². The second kappa shape index (κ2) is 4.61. The largest absolute Gasteiger partial charge is 0.379 e. The molecule has 16 heavy (non-hydrogen) atoms. The van der Waals surface area contributed by atoms with Crippen molar-refractivity contribution in [1.82, 2.24) is 4.98 Å². The molecule has 0 bridgehead atoms. The van der Waals surface area contributed by atoms with Crippen molar-refractivity contribution in [3.8, 4) is 0 Å². The molecule has 2 rings (SSSR count). The maximum Gasteiger partial charge on any atom is 0.159 e. The van der Waals surface area contributed by atoms with Gasteiger partial charge in [0.05, 0.1) is 6.61 Å². The molecule has 5 heteroatoms. The Morgan fingerprint density at radius 2 is 2.44 bits per heavy atom. The molecule has 1 aromatic rings. The summed E-state index contributed by atoms with van der Waals surface area (Å²) in [6, 6.07) is 1.88. The molecule has 1 unspecified atom stereocenters. The van der Waals surface area contributed by atoms with E-state index in [1.807, 2.05) is 6.07 Å². The third kappa shape index (κ3) is 2.48. The van der Waals surface area contributed by atoms with Crippen molar-refractivity contribution in [3.63, 3.8) is 0 Å². The van der Waals surface area contributed by atoms with E-state index >= 15 is 0 Å². The van der Waals surface area contributed by atoms with Gasteiger partial charge in [-0.05, 0) is 34.0 Å². The molecule has 0 spiro atoms. The average molecular weight is 285 g/mol. The van der Waals surface area contributed by atoms with E-state index in [-0.39, 0.29) is 5.78 Å². The first-order chi connectivity index (χ1) is 7.60. The minimum Gasteiger partial charge on any atom is -0.379 e. The van der Waals surface area contributed by atoms with Gasteiger partial charge in [0.25, 0.3) is 0 Å². The number of hydrogen-bond acceptors (Lipinski definition) is 4. The lowest BCUT2D eigenvalue weighted by atomic mass is 9.90. The summed E-state index contributed by atoms with van der Waals surface area (Å²) < 4.78 is 6.04. The van der Waals surface area contributed by atoms with Crippen LogP contribution in [0.5, 0.6) is 0 Å². The molecule has 1 aliphatic heterocycles. The first-order valence-electron chi connectivity index (χ1n) is 5.09. The highest BCUT2D eigenvalue weighted by Crippen LogP contribution is 2.19. The molecule has 0 amide bonds. The lowest BCUT2D eigenvalue weighted by Crippen LogP contribution is -2.49. The topological polar surface area (TPSA) is 65.2 Å². The maximum atomic E-state index is 12.0. The Morgan fingerprint density at radius 1 is 1.62 bits per heavy atom. The summed E-state index contributed by atoms with van der Waals surface area (Å²) in [7, 11) is 0. The van der Waals surface area contributed by atoms with Gasteiger partial charge in [-0.2, -0.15) is 0 Å². The molecule has 1 aliphatic rings. The number of hydrogen-bond donors (Lipinski definition) is 1. The highest BCUT2D eigenvalue weighted by Gasteiger charge is 2.37. The van der Waals surface area contributed by atoms with E-state index < -0.39 is 5.54 Å². The number of rotatable bonds is 3. The number of nitrogens with two attached hydrogens (primary N) is 1. The molecule has 2 N–H and O–H groups in total. The number of ether oxygens (including phenoxy) is 1. The molecule has 1 atom stereocenters. The highest BCUT2D eigenvalue weighted by molar-refractivity contribution is 9.10. The maximum absolute atomic E-state index is 12.0. The number of pyridine rings is 1. The average Bonchev–Trinajstić information content (AvgIpc) is 2.66. The van der Waals surface area contributed by atoms with Gasteiger partial charge in [0, 0.05) is 29.9 Å². The van der Waals surface area contributed by atoms with Crippen LogP contribution in [-0.4, -0.2) is 29.5 Å². The summed E-state index contributed by atoms with van der Waals surface area (Å²) in [6.45, 7) is 0.895. The molecule has 86 valence electrons. The number of Topliss-reactive ketones (excluding diaryl/α,β-unsaturated/α-hetero) is 1. The Bertz CT molecular complexity index is 403. The van der Waals surface area contributed by atoms with E-state index in [9.17, 15) is 4.79 Å². The van der Waals surface area contributed by atoms with Crippen LogP contribution in [0.15, 0.2) is 22.9 Å². The number of carbonyl (C=O) groups is 1. The van der Waals surface area contributed by atoms with Crippen molar-refractivity contribution < 1.29 is 9.53 Å². The molecule has 0 aromatic carbocycles. The standard InChI is InChI=1S/C11H13BrN2O2/c12-9-3-8(5-14-6-9)4-10(15)11(13)1-2-16-7-11/h3,5-6H,1-2,4,7,13H2. The monoisotopic (exact) mass is 284 g/mol. The lowest BCUT2D eigenvalue weighted by molar-refractivity contribution is -0.123. The van der Waals surface area contributed by atoms with E-state index in [0.29, 0.717) is 26.1 Å². The third-order valence-electron chi connectivity index (χ3n) is 2.73. The summed E-state index contributed by atoms with van der Waals surface area (Å²) in [5, 5.41) is 0. The first-order valence-corrected chi connectivity index (χ1v) is 5.89. The molecule has 1 aromatic heterocycles. The molecule has 2 heterocycles. The van der Waals surface area contributed by atoms with Gasteiger partial charge < -0.3 is 10.5 Å². The van der Waals surface area contributed by atoms with E-state index in [2.05, 4.69) is 20.9 Å². The zero-order valence-electron chi connectivity index (χ0n) is 8.78. The van der Waals surface area contributed by atoms with E-state index in [1.165, 1.54) is 0 Å². The van der Waals surface area contributed by atoms with Crippen LogP contribution in [0.2, 0.25) is 0 Å². The second-order valence-electron chi connectivity index (χ2n) is 4.07. The Morgan fingerprint density at radius 3 is 3.06 bits per heavy atom. The number of nitrogens with zero attached hydrogens (tertiary/aromatic N) is 1. The fourth-order valence-corrected chi connectivity index (χ4v) is 2.13. The number of carbonyl (C=O) groups excluding carboxylic acids is 1. The molecule has 0 aliphatic carbocycles. The zero-order valence-corrected chi connectivity index (χ0v) is 10.4. The van der Waals surface area contributed by atoms with Gasteiger partial charge >= 0.3 is 0 Å². The van der Waals surface area contributed by atoms with Crippen molar-refractivity contribution >= 4 is 21.7 Å². The predicted octanol–water partition coefficient (Wildman–Crippen LogP) is 1.07. The van der Waals surface area contributed by atoms with Gasteiger partial charge in [-0.15, -0.1) is 0 Å². The minimum atomic E-state index is -0.803. The van der Waals surface area contributed by atoms with E-state index in [1.54, 1.807) is 12.4 Å². The molecule has 1 fully saturated rings. The smallest absolute Gasteiger partial charge is 0.159 e. The highest BCUT2D eigenvalue weighted by atomic mass is 79.9. The van der Waals surface area contributed by atoms with Crippen molar-refractivity contribution in [1.29, 1.82) is 0 Å². The summed E-state index contributed by atoms with van der Waals surface area (Å²) in [4.78, 5) is 16.0. The fraction of sp³-hybridized carbons (Fsp3) is 0.455. The van der Waals surface area contributed by atoms with Crippen molar-refractivity contribution in [2.45, 2.75) is 18.4 Å². The van der Waals surface area contributed by atoms with Crippen LogP contribution in [0.3, 0.4) is 0 Å². The molecule has 0 saturated carbocycles. The number of ketones is 1. The van der Waals surface area contributed by atoms with Crippen LogP contribution >= 0.6 is 15.9 Å². The van der Waals surface area contributed by atoms with Crippen LogP contribution in [-0.2, 0) is 16.0 Å². The fourth-order valence-electron chi connectivity index (χ4n) is 1.71. The third-order valence-corrected chi connectivity index (χ3v) is 3.17. The predicted molar refractivity (Wildman–Crippen MR) is 63.0 cm³/mol. The first kappa shape index (κ1) is 11.7. The molecular weight excluding hydrogens is 272 g/mol. The Labute approximate surface area is 102 Å². The van der Waals surface area contributed by atoms with Crippen molar-refractivity contribution in [2.75, 3.05) is 13.2 Å². The Hall–Kier alpha value is -0.780. The SMILES string of the molecule is NC1(C(=O)Cc2cncc(Br)c2)CCOC1. The summed E-state index contributed by atoms with van der Waals surface area (Å²) in [5.41, 5.74) is 6.05. The Balaban J connectivity index is 2.07. The second-order valence-corrected chi connectivity index (χ2v) is 4.99. The van der Waals surface area contributed by atoms with Crippen LogP contribution in [0, 0.1) is 0 Å². The molecule has 0 radical (unpaired) electrons. The number of halogens is 1. The summed E-state index contributed by atoms with van der Waals surface area (Å²) >= 11 is 3.32. The van der Waals surface area contributed by atoms with E-state index in [4.69, 9.17) is 10.5 Å². The molecule has 4 nitrogen and oxygen atoms in total. The van der Waals surface area contributed by atoms with Crippen LogP contribution in [0.25, 0.3) is 0 Å². The van der Waals surface area contributed by atoms with Gasteiger partial charge in [0.1, 0.15) is 5.54 Å². The van der Waals surface area contributed by atoms with Gasteiger partial charge in [-0.25, -0.2) is 0 Å². The van der Waals surface area contributed by atoms with Crippen LogP contribution in [0.4, 0.5) is 0 Å². The number of aromatic nitrogens is 1. The normalized spacial score (nSPS) is 24.6. The zero-order chi connectivity index (χ0) is 11.6. The lowest BCUT2D eigenvalue weighted by Gasteiger charge is -2.19. The van der Waals surface area contributed by atoms with Crippen LogP contribution < -0.4 is 5.73 Å². The molecule has 1 saturated heterocycles.